The van der Waals surface area contributed by atoms with Crippen molar-refractivity contribution in [3.63, 3.8) is 0 Å². The van der Waals surface area contributed by atoms with E-state index in [4.69, 9.17) is 4.98 Å². The Morgan fingerprint density at radius 2 is 1.83 bits per heavy atom. The molecule has 0 bridgehead atoms. The summed E-state index contributed by atoms with van der Waals surface area (Å²) in [4.78, 5) is 19.5. The quantitative estimate of drug-likeness (QED) is 0.843. The van der Waals surface area contributed by atoms with E-state index in [2.05, 4.69) is 26.8 Å². The molecule has 0 aliphatic carbocycles. The minimum absolute atomic E-state index is 0.242. The highest BCUT2D eigenvalue weighted by Gasteiger charge is 2.26. The average Bonchev–Trinajstić information content (AvgIpc) is 2.50. The summed E-state index contributed by atoms with van der Waals surface area (Å²) in [7, 11) is 0. The normalized spacial score (nSPS) is 21.7. The van der Waals surface area contributed by atoms with Crippen molar-refractivity contribution in [3.05, 3.63) is 41.1 Å². The van der Waals surface area contributed by atoms with Gasteiger partial charge in [0.2, 0.25) is 5.91 Å². The number of aryl methyl sites for hydroxylation is 2. The van der Waals surface area contributed by atoms with Gasteiger partial charge in [0.05, 0.1) is 11.9 Å². The third kappa shape index (κ3) is 3.24. The number of carbonyl (C=O) groups is 1. The van der Waals surface area contributed by atoms with Crippen LogP contribution in [-0.2, 0) is 11.2 Å². The van der Waals surface area contributed by atoms with Gasteiger partial charge in [-0.1, -0.05) is 32.0 Å². The van der Waals surface area contributed by atoms with Gasteiger partial charge in [-0.2, -0.15) is 0 Å². The molecule has 0 N–H and O–H groups in total. The van der Waals surface area contributed by atoms with Crippen molar-refractivity contribution in [2.24, 2.45) is 11.8 Å². The number of likely N-dealkylation sites (tertiary alicyclic amines) is 1. The van der Waals surface area contributed by atoms with Crippen molar-refractivity contribution in [3.8, 4) is 0 Å². The monoisotopic (exact) mass is 310 g/mol. The number of piperidine rings is 1. The van der Waals surface area contributed by atoms with Crippen molar-refractivity contribution in [1.82, 2.24) is 9.88 Å². The Bertz CT molecular complexity index is 728. The number of hydrogen-bond acceptors (Lipinski definition) is 2. The number of rotatable bonds is 2. The highest BCUT2D eigenvalue weighted by Crippen LogP contribution is 2.25. The third-order valence-electron chi connectivity index (χ3n) is 5.04. The second-order valence-corrected chi connectivity index (χ2v) is 7.24. The fraction of sp³-hybridized carbons (Fsp3) is 0.500. The molecule has 2 heterocycles. The number of fused-ring (bicyclic) bond motifs is 1. The van der Waals surface area contributed by atoms with Crippen LogP contribution in [0.1, 0.15) is 37.1 Å². The van der Waals surface area contributed by atoms with Gasteiger partial charge in [-0.3, -0.25) is 9.78 Å². The van der Waals surface area contributed by atoms with Crippen molar-refractivity contribution in [2.45, 2.75) is 40.5 Å². The fourth-order valence-electron chi connectivity index (χ4n) is 3.96. The molecule has 23 heavy (non-hydrogen) atoms. The number of para-hydroxylation sites is 1. The van der Waals surface area contributed by atoms with Gasteiger partial charge in [0.1, 0.15) is 0 Å². The van der Waals surface area contributed by atoms with E-state index in [9.17, 15) is 4.79 Å². The lowest BCUT2D eigenvalue weighted by molar-refractivity contribution is -0.133. The van der Waals surface area contributed by atoms with Crippen LogP contribution >= 0.6 is 0 Å². The molecule has 3 nitrogen and oxygen atoms in total. The summed E-state index contributed by atoms with van der Waals surface area (Å²) in [5.74, 6) is 1.44. The van der Waals surface area contributed by atoms with Crippen LogP contribution in [0, 0.1) is 25.7 Å². The summed E-state index contributed by atoms with van der Waals surface area (Å²) in [6.45, 7) is 10.4. The molecule has 0 radical (unpaired) electrons. The Balaban J connectivity index is 1.87. The SMILES string of the molecule is Cc1nc2ccccc2c(C)c1CC(=O)N1CC(C)CC(C)C1. The van der Waals surface area contributed by atoms with Crippen LogP contribution in [0.2, 0.25) is 0 Å². The first kappa shape index (κ1) is 16.0. The van der Waals surface area contributed by atoms with E-state index in [0.717, 1.165) is 35.2 Å². The van der Waals surface area contributed by atoms with Crippen molar-refractivity contribution in [2.75, 3.05) is 13.1 Å². The van der Waals surface area contributed by atoms with E-state index in [1.165, 1.54) is 12.0 Å². The maximum Gasteiger partial charge on any atom is 0.227 e. The van der Waals surface area contributed by atoms with E-state index >= 15 is 0 Å². The lowest BCUT2D eigenvalue weighted by atomic mass is 9.91. The predicted octanol–water partition coefficient (Wildman–Crippen LogP) is 3.90. The molecule has 1 saturated heterocycles. The van der Waals surface area contributed by atoms with Crippen LogP contribution in [0.15, 0.2) is 24.3 Å². The van der Waals surface area contributed by atoms with Gasteiger partial charge in [-0.25, -0.2) is 0 Å². The molecule has 2 unspecified atom stereocenters. The first-order chi connectivity index (χ1) is 11.0. The van der Waals surface area contributed by atoms with Crippen molar-refractivity contribution >= 4 is 16.8 Å². The molecule has 0 spiro atoms. The molecule has 2 aromatic rings. The zero-order valence-electron chi connectivity index (χ0n) is 14.6. The van der Waals surface area contributed by atoms with Gasteiger partial charge in [0.25, 0.3) is 0 Å². The lowest BCUT2D eigenvalue weighted by Crippen LogP contribution is -2.43. The molecule has 1 amide bonds. The highest BCUT2D eigenvalue weighted by atomic mass is 16.2. The molecule has 1 fully saturated rings. The van der Waals surface area contributed by atoms with Crippen LogP contribution in [-0.4, -0.2) is 28.9 Å². The molecule has 122 valence electrons. The van der Waals surface area contributed by atoms with Crippen molar-refractivity contribution in [1.29, 1.82) is 0 Å². The van der Waals surface area contributed by atoms with E-state index in [1.807, 2.05) is 30.0 Å². The Morgan fingerprint density at radius 3 is 2.52 bits per heavy atom. The topological polar surface area (TPSA) is 33.2 Å². The summed E-state index contributed by atoms with van der Waals surface area (Å²) >= 11 is 0. The Morgan fingerprint density at radius 1 is 1.17 bits per heavy atom. The second-order valence-electron chi connectivity index (χ2n) is 7.24. The Hall–Kier alpha value is -1.90. The van der Waals surface area contributed by atoms with E-state index in [1.54, 1.807) is 0 Å². The van der Waals surface area contributed by atoms with Crippen LogP contribution in [0.5, 0.6) is 0 Å². The van der Waals surface area contributed by atoms with Gasteiger partial charge in [0, 0.05) is 24.2 Å². The van der Waals surface area contributed by atoms with E-state index in [-0.39, 0.29) is 5.91 Å². The Labute approximate surface area is 138 Å². The zero-order valence-corrected chi connectivity index (χ0v) is 14.6. The summed E-state index contributed by atoms with van der Waals surface area (Å²) in [6, 6.07) is 8.17. The number of amides is 1. The molecule has 1 aromatic carbocycles. The first-order valence-electron chi connectivity index (χ1n) is 8.58. The second kappa shape index (κ2) is 6.31. The molecule has 3 heteroatoms. The molecular weight excluding hydrogens is 284 g/mol. The maximum absolute atomic E-state index is 12.8. The largest absolute Gasteiger partial charge is 0.342 e. The van der Waals surface area contributed by atoms with E-state index < -0.39 is 0 Å². The predicted molar refractivity (Wildman–Crippen MR) is 94.4 cm³/mol. The maximum atomic E-state index is 12.8. The molecule has 1 aromatic heterocycles. The van der Waals surface area contributed by atoms with Gasteiger partial charge in [-0.05, 0) is 49.3 Å². The summed E-state index contributed by atoms with van der Waals surface area (Å²) in [5.41, 5.74) is 4.28. The molecular formula is C20H26N2O. The summed E-state index contributed by atoms with van der Waals surface area (Å²) in [6.07, 6.45) is 1.69. The highest BCUT2D eigenvalue weighted by molar-refractivity contribution is 5.86. The lowest BCUT2D eigenvalue weighted by Gasteiger charge is -2.35. The minimum atomic E-state index is 0.242. The average molecular weight is 310 g/mol. The number of hydrogen-bond donors (Lipinski definition) is 0. The fourth-order valence-corrected chi connectivity index (χ4v) is 3.96. The zero-order chi connectivity index (χ0) is 16.6. The van der Waals surface area contributed by atoms with Gasteiger partial charge in [-0.15, -0.1) is 0 Å². The molecule has 1 aliphatic rings. The van der Waals surface area contributed by atoms with Crippen LogP contribution < -0.4 is 0 Å². The van der Waals surface area contributed by atoms with Crippen LogP contribution in [0.4, 0.5) is 0 Å². The number of nitrogens with zero attached hydrogens (tertiary/aromatic N) is 2. The van der Waals surface area contributed by atoms with Crippen LogP contribution in [0.25, 0.3) is 10.9 Å². The number of carbonyl (C=O) groups excluding carboxylic acids is 1. The smallest absolute Gasteiger partial charge is 0.227 e. The summed E-state index contributed by atoms with van der Waals surface area (Å²) < 4.78 is 0. The molecule has 1 aliphatic heterocycles. The van der Waals surface area contributed by atoms with Crippen molar-refractivity contribution < 1.29 is 4.79 Å². The molecule has 2 atom stereocenters. The van der Waals surface area contributed by atoms with Gasteiger partial charge in [0.15, 0.2) is 0 Å². The van der Waals surface area contributed by atoms with Crippen LogP contribution in [0.3, 0.4) is 0 Å². The minimum Gasteiger partial charge on any atom is -0.342 e. The summed E-state index contributed by atoms with van der Waals surface area (Å²) in [5, 5.41) is 1.15. The number of pyridine rings is 1. The molecule has 0 saturated carbocycles. The molecule has 3 rings (SSSR count). The third-order valence-corrected chi connectivity index (χ3v) is 5.04. The number of benzene rings is 1. The first-order valence-corrected chi connectivity index (χ1v) is 8.58. The van der Waals surface area contributed by atoms with E-state index in [0.29, 0.717) is 18.3 Å². The number of aromatic nitrogens is 1. The standard InChI is InChI=1S/C20H26N2O/c1-13-9-14(2)12-22(11-13)20(23)10-18-15(3)17-7-5-6-8-19(17)21-16(18)4/h5-8,13-14H,9-12H2,1-4H3. The Kier molecular flexibility index (Phi) is 4.38. The van der Waals surface area contributed by atoms with Gasteiger partial charge < -0.3 is 4.90 Å². The van der Waals surface area contributed by atoms with Gasteiger partial charge >= 0.3 is 0 Å².